The van der Waals surface area contributed by atoms with Crippen LogP contribution in [0, 0.1) is 0 Å². The van der Waals surface area contributed by atoms with Gasteiger partial charge in [-0.3, -0.25) is 9.59 Å². The molecule has 7 heteroatoms. The molecule has 1 aliphatic rings. The summed E-state index contributed by atoms with van der Waals surface area (Å²) < 4.78 is 14.1. The third-order valence-corrected chi connectivity index (χ3v) is 7.48. The summed E-state index contributed by atoms with van der Waals surface area (Å²) in [4.78, 5) is 25.4. The van der Waals surface area contributed by atoms with Crippen LogP contribution in [-0.2, 0) is 11.3 Å². The first-order chi connectivity index (χ1) is 20.5. The van der Waals surface area contributed by atoms with E-state index in [1.165, 1.54) is 12.1 Å². The van der Waals surface area contributed by atoms with Crippen molar-refractivity contribution in [3.63, 3.8) is 0 Å². The van der Waals surface area contributed by atoms with Crippen molar-refractivity contribution in [2.75, 3.05) is 11.9 Å². The minimum Gasteiger partial charge on any atom is -0.507 e. The zero-order valence-corrected chi connectivity index (χ0v) is 22.5. The van der Waals surface area contributed by atoms with Crippen molar-refractivity contribution in [1.82, 2.24) is 4.57 Å². The van der Waals surface area contributed by atoms with Crippen molar-refractivity contribution < 1.29 is 19.1 Å². The molecule has 6 aromatic rings. The molecular weight excluding hydrogens is 528 g/mol. The van der Waals surface area contributed by atoms with E-state index in [9.17, 15) is 14.7 Å². The number of aryl methyl sites for hydroxylation is 1. The highest BCUT2D eigenvalue weighted by Gasteiger charge is 2.24. The van der Waals surface area contributed by atoms with E-state index in [2.05, 4.69) is 28.2 Å². The maximum atomic E-state index is 12.7. The summed E-state index contributed by atoms with van der Waals surface area (Å²) in [6.07, 6.45) is 4.70. The van der Waals surface area contributed by atoms with Gasteiger partial charge in [0, 0.05) is 69.8 Å². The fraction of sp³-hybridized carbons (Fsp3) is 0.0857. The number of carbonyl (C=O) groups is 1. The maximum Gasteiger partial charge on any atom is 0.256 e. The summed E-state index contributed by atoms with van der Waals surface area (Å²) in [7, 11) is 0. The Kier molecular flexibility index (Phi) is 6.32. The van der Waals surface area contributed by atoms with Crippen molar-refractivity contribution in [2.45, 2.75) is 13.0 Å². The van der Waals surface area contributed by atoms with Gasteiger partial charge in [-0.1, -0.05) is 66.7 Å². The molecule has 4 aromatic carbocycles. The highest BCUT2D eigenvalue weighted by Crippen LogP contribution is 2.35. The average Bonchev–Trinajstić information content (AvgIpc) is 3.52. The average molecular weight is 555 g/mol. The first-order valence-electron chi connectivity index (χ1n) is 13.7. The molecule has 3 heterocycles. The summed E-state index contributed by atoms with van der Waals surface area (Å²) in [5.74, 6) is 0.560. The van der Waals surface area contributed by atoms with Crippen LogP contribution in [0.5, 0.6) is 11.5 Å². The molecule has 0 saturated carbocycles. The first-order valence-corrected chi connectivity index (χ1v) is 13.7. The van der Waals surface area contributed by atoms with Crippen LogP contribution < -0.4 is 15.5 Å². The number of benzene rings is 4. The molecule has 2 N–H and O–H groups in total. The topological polar surface area (TPSA) is 93.7 Å². The maximum absolute atomic E-state index is 12.7. The summed E-state index contributed by atoms with van der Waals surface area (Å²) >= 11 is 0. The summed E-state index contributed by atoms with van der Waals surface area (Å²) in [5, 5.41) is 14.7. The van der Waals surface area contributed by atoms with Crippen molar-refractivity contribution in [3.8, 4) is 22.8 Å². The van der Waals surface area contributed by atoms with Crippen molar-refractivity contribution in [2.24, 2.45) is 0 Å². The number of nitrogens with zero attached hydrogens (tertiary/aromatic N) is 1. The molecule has 7 nitrogen and oxygen atoms in total. The van der Waals surface area contributed by atoms with Crippen molar-refractivity contribution in [1.29, 1.82) is 0 Å². The van der Waals surface area contributed by atoms with Gasteiger partial charge in [0.05, 0.1) is 6.61 Å². The first kappa shape index (κ1) is 25.4. The number of phenolic OH excluding ortho intramolecular Hbond substituents is 1. The number of nitrogens with one attached hydrogen (secondary N) is 1. The lowest BCUT2D eigenvalue weighted by molar-refractivity contribution is -0.110. The van der Waals surface area contributed by atoms with Crippen molar-refractivity contribution in [3.05, 3.63) is 125 Å². The Morgan fingerprint density at radius 3 is 2.57 bits per heavy atom. The molecule has 2 aromatic heterocycles. The lowest BCUT2D eigenvalue weighted by Gasteiger charge is -2.10. The zero-order valence-electron chi connectivity index (χ0n) is 22.5. The number of carbonyl (C=O) groups excluding carboxylic acids is 1. The van der Waals surface area contributed by atoms with E-state index in [0.717, 1.165) is 33.3 Å². The van der Waals surface area contributed by atoms with Gasteiger partial charge in [0.15, 0.2) is 5.43 Å². The Hall–Kier alpha value is -5.56. The number of hydrogen-bond acceptors (Lipinski definition) is 5. The smallest absolute Gasteiger partial charge is 0.256 e. The molecule has 1 amide bonds. The van der Waals surface area contributed by atoms with Crippen LogP contribution in [0.2, 0.25) is 0 Å². The monoisotopic (exact) mass is 554 g/mol. The van der Waals surface area contributed by atoms with Gasteiger partial charge in [-0.2, -0.15) is 0 Å². The normalized spacial score (nSPS) is 13.5. The van der Waals surface area contributed by atoms with E-state index in [1.54, 1.807) is 6.07 Å². The largest absolute Gasteiger partial charge is 0.507 e. The Morgan fingerprint density at radius 1 is 0.905 bits per heavy atom. The molecule has 0 radical (unpaired) electrons. The van der Waals surface area contributed by atoms with E-state index >= 15 is 0 Å². The molecule has 42 heavy (non-hydrogen) atoms. The highest BCUT2D eigenvalue weighted by molar-refractivity contribution is 6.35. The van der Waals surface area contributed by atoms with E-state index in [4.69, 9.17) is 9.15 Å². The van der Waals surface area contributed by atoms with E-state index < -0.39 is 0 Å². The summed E-state index contributed by atoms with van der Waals surface area (Å²) in [5.41, 5.74) is 5.13. The Bertz CT molecular complexity index is 2070. The van der Waals surface area contributed by atoms with Crippen LogP contribution in [0.4, 0.5) is 5.69 Å². The number of fused-ring (bicyclic) bond motifs is 3. The third kappa shape index (κ3) is 4.61. The predicted octanol–water partition coefficient (Wildman–Crippen LogP) is 7.08. The second-order valence-electron chi connectivity index (χ2n) is 10.2. The Morgan fingerprint density at radius 2 is 1.69 bits per heavy atom. The highest BCUT2D eigenvalue weighted by atomic mass is 16.5. The molecule has 0 spiro atoms. The molecule has 0 saturated heterocycles. The van der Waals surface area contributed by atoms with Crippen LogP contribution in [-0.4, -0.2) is 22.2 Å². The SMILES string of the molecule is O=C1Nc2ccccc2/C1=C/c1cn(CCCOc2cc(O)c3c(=O)cc(-c4ccccc4)oc3c2)c2ccccc12. The van der Waals surface area contributed by atoms with Gasteiger partial charge in [-0.25, -0.2) is 0 Å². The van der Waals surface area contributed by atoms with Gasteiger partial charge in [-0.05, 0) is 24.6 Å². The fourth-order valence-electron chi connectivity index (χ4n) is 5.51. The molecule has 0 aliphatic carbocycles. The van der Waals surface area contributed by atoms with Gasteiger partial charge in [0.25, 0.3) is 5.91 Å². The number of aromatic hydroxyl groups is 1. The second-order valence-corrected chi connectivity index (χ2v) is 10.2. The van der Waals surface area contributed by atoms with Crippen LogP contribution in [0.15, 0.2) is 112 Å². The summed E-state index contributed by atoms with van der Waals surface area (Å²) in [6.45, 7) is 1.06. The molecule has 0 bridgehead atoms. The van der Waals surface area contributed by atoms with Gasteiger partial charge in [0.1, 0.15) is 28.2 Å². The van der Waals surface area contributed by atoms with Gasteiger partial charge in [0.2, 0.25) is 0 Å². The predicted molar refractivity (Wildman–Crippen MR) is 165 cm³/mol. The second kappa shape index (κ2) is 10.4. The number of rotatable bonds is 7. The van der Waals surface area contributed by atoms with Crippen molar-refractivity contribution >= 4 is 45.1 Å². The number of hydrogen-bond donors (Lipinski definition) is 2. The molecular formula is C35H26N2O5. The van der Waals surface area contributed by atoms with Gasteiger partial charge in [-0.15, -0.1) is 0 Å². The number of anilines is 1. The molecule has 206 valence electrons. The third-order valence-electron chi connectivity index (χ3n) is 7.48. The molecule has 0 unspecified atom stereocenters. The Balaban J connectivity index is 1.10. The molecule has 1 aliphatic heterocycles. The zero-order chi connectivity index (χ0) is 28.6. The van der Waals surface area contributed by atoms with Crippen LogP contribution in [0.25, 0.3) is 44.8 Å². The van der Waals surface area contributed by atoms with E-state index in [1.807, 2.05) is 72.8 Å². The van der Waals surface area contributed by atoms with Crippen LogP contribution >= 0.6 is 0 Å². The quantitative estimate of drug-likeness (QED) is 0.162. The molecule has 0 fully saturated rings. The number of amides is 1. The lowest BCUT2D eigenvalue weighted by Crippen LogP contribution is -2.05. The van der Waals surface area contributed by atoms with Crippen LogP contribution in [0.3, 0.4) is 0 Å². The standard InChI is InChI=1S/C35H26N2O5/c38-30-18-24(19-33-34(30)31(39)20-32(42-33)22-9-2-1-3-10-22)41-16-8-15-37-21-23(25-11-5-7-14-29(25)37)17-27-26-12-4-6-13-28(26)36-35(27)40/h1-7,9-14,17-21,38H,8,15-16H2,(H,36,40)/b27-17-. The number of aromatic nitrogens is 1. The van der Waals surface area contributed by atoms with E-state index in [-0.39, 0.29) is 28.1 Å². The summed E-state index contributed by atoms with van der Waals surface area (Å²) in [6, 6.07) is 29.6. The number of ether oxygens (including phenoxy) is 1. The minimum atomic E-state index is -0.317. The Labute approximate surface area is 240 Å². The van der Waals surface area contributed by atoms with E-state index in [0.29, 0.717) is 36.7 Å². The minimum absolute atomic E-state index is 0.105. The lowest BCUT2D eigenvalue weighted by atomic mass is 10.0. The molecule has 7 rings (SSSR count). The van der Waals surface area contributed by atoms with Gasteiger partial charge >= 0.3 is 0 Å². The van der Waals surface area contributed by atoms with Crippen LogP contribution in [0.1, 0.15) is 17.5 Å². The fourth-order valence-corrected chi connectivity index (χ4v) is 5.51. The molecule has 0 atom stereocenters. The van der Waals surface area contributed by atoms with Gasteiger partial charge < -0.3 is 24.1 Å². The number of phenols is 1. The number of para-hydroxylation sites is 2.